The Balaban J connectivity index is 1.03. The van der Waals surface area contributed by atoms with Crippen LogP contribution in [0, 0.1) is 10.1 Å². The molecule has 0 amide bonds. The molecule has 63 heavy (non-hydrogen) atoms. The quantitative estimate of drug-likeness (QED) is 0.0485. The van der Waals surface area contributed by atoms with E-state index in [0.717, 1.165) is 54.9 Å². The predicted molar refractivity (Wildman–Crippen MR) is 245 cm³/mol. The topological polar surface area (TPSA) is 137 Å². The van der Waals surface area contributed by atoms with Gasteiger partial charge in [0, 0.05) is 78.1 Å². The van der Waals surface area contributed by atoms with Gasteiger partial charge >= 0.3 is 6.18 Å². The second-order valence-corrected chi connectivity index (χ2v) is 18.3. The van der Waals surface area contributed by atoms with Gasteiger partial charge in [0.05, 0.1) is 21.9 Å². The lowest BCUT2D eigenvalue weighted by Gasteiger charge is -2.36. The Morgan fingerprint density at radius 2 is 1.65 bits per heavy atom. The van der Waals surface area contributed by atoms with E-state index in [1.807, 2.05) is 72.8 Å². The number of anilines is 3. The van der Waals surface area contributed by atoms with Crippen LogP contribution in [0.15, 0.2) is 131 Å². The molecular weight excluding hydrogens is 873 g/mol. The van der Waals surface area contributed by atoms with Gasteiger partial charge in [-0.2, -0.15) is 13.2 Å². The van der Waals surface area contributed by atoms with E-state index >= 15 is 0 Å². The van der Waals surface area contributed by atoms with Gasteiger partial charge in [0.15, 0.2) is 5.82 Å². The van der Waals surface area contributed by atoms with Crippen molar-refractivity contribution in [1.82, 2.24) is 19.8 Å². The number of fused-ring (bicyclic) bond motifs is 1. The zero-order valence-corrected chi connectivity index (χ0v) is 36.7. The van der Waals surface area contributed by atoms with Crippen LogP contribution in [0.5, 0.6) is 0 Å². The van der Waals surface area contributed by atoms with E-state index < -0.39 is 39.4 Å². The average molecular weight is 919 g/mol. The number of alkyl halides is 3. The van der Waals surface area contributed by atoms with Gasteiger partial charge in [-0.3, -0.25) is 24.6 Å². The van der Waals surface area contributed by atoms with Crippen LogP contribution in [-0.4, -0.2) is 96.9 Å². The summed E-state index contributed by atoms with van der Waals surface area (Å²) >= 11 is 7.59. The summed E-state index contributed by atoms with van der Waals surface area (Å²) in [6.07, 6.45) is -2.88. The zero-order valence-electron chi connectivity index (χ0n) is 34.3. The number of nitrogens with zero attached hydrogens (tertiary/aromatic N) is 6. The lowest BCUT2D eigenvalue weighted by molar-refractivity contribution is -0.384. The van der Waals surface area contributed by atoms with Crippen LogP contribution in [0.4, 0.5) is 36.1 Å². The van der Waals surface area contributed by atoms with Gasteiger partial charge in [-0.25, -0.2) is 18.4 Å². The Morgan fingerprint density at radius 1 is 0.921 bits per heavy atom. The Hall–Kier alpha value is -5.46. The highest BCUT2D eigenvalue weighted by molar-refractivity contribution is 7.99. The van der Waals surface area contributed by atoms with Gasteiger partial charge in [0.1, 0.15) is 12.0 Å². The molecule has 6 aromatic rings. The fourth-order valence-electron chi connectivity index (χ4n) is 7.51. The van der Waals surface area contributed by atoms with Gasteiger partial charge in [-0.05, 0) is 84.3 Å². The Labute approximate surface area is 373 Å². The number of halogens is 4. The van der Waals surface area contributed by atoms with Crippen molar-refractivity contribution in [2.45, 2.75) is 41.9 Å². The third kappa shape index (κ3) is 12.2. The molecule has 7 rings (SSSR count). The lowest BCUT2D eigenvalue weighted by atomic mass is 9.99. The molecule has 1 saturated heterocycles. The van der Waals surface area contributed by atoms with Gasteiger partial charge < -0.3 is 10.2 Å². The van der Waals surface area contributed by atoms with Crippen molar-refractivity contribution in [3.63, 3.8) is 0 Å². The first-order valence-corrected chi connectivity index (χ1v) is 23.2. The fraction of sp³-hybridized carbons (Fsp3) is 0.289. The minimum Gasteiger partial charge on any atom is -0.376 e. The largest absolute Gasteiger partial charge is 0.401 e. The number of rotatable bonds is 18. The van der Waals surface area contributed by atoms with Crippen molar-refractivity contribution in [1.29, 1.82) is 0 Å². The first-order valence-electron chi connectivity index (χ1n) is 20.4. The highest BCUT2D eigenvalue weighted by Gasteiger charge is 2.31. The number of benzene rings is 5. The number of hydrogen-bond donors (Lipinski definition) is 2. The third-order valence-electron chi connectivity index (χ3n) is 10.8. The maximum atomic E-state index is 13.8. The molecule has 1 unspecified atom stereocenters. The summed E-state index contributed by atoms with van der Waals surface area (Å²) in [6.45, 7) is 4.80. The highest BCUT2D eigenvalue weighted by Crippen LogP contribution is 2.33. The summed E-state index contributed by atoms with van der Waals surface area (Å²) in [5.74, 6) is 0.393. The number of piperazine rings is 1. The maximum absolute atomic E-state index is 13.8. The van der Waals surface area contributed by atoms with Crippen LogP contribution in [0.3, 0.4) is 0 Å². The van der Waals surface area contributed by atoms with Gasteiger partial charge in [-0.1, -0.05) is 73.1 Å². The first kappa shape index (κ1) is 45.6. The number of nitro benzene ring substituents is 1. The molecule has 0 bridgehead atoms. The summed E-state index contributed by atoms with van der Waals surface area (Å²) in [5, 5.41) is 16.7. The van der Waals surface area contributed by atoms with Crippen molar-refractivity contribution >= 4 is 67.2 Å². The van der Waals surface area contributed by atoms with Gasteiger partial charge in [-0.15, -0.1) is 11.8 Å². The molecule has 2 N–H and O–H groups in total. The van der Waals surface area contributed by atoms with Crippen molar-refractivity contribution < 1.29 is 26.5 Å². The normalized spacial score (nSPS) is 14.2. The molecule has 1 aliphatic rings. The van der Waals surface area contributed by atoms with E-state index in [1.165, 1.54) is 46.2 Å². The average Bonchev–Trinajstić information content (AvgIpc) is 3.27. The molecule has 2 heterocycles. The van der Waals surface area contributed by atoms with Crippen LogP contribution >= 0.6 is 23.4 Å². The second-order valence-electron chi connectivity index (χ2n) is 15.1. The monoisotopic (exact) mass is 918 g/mol. The van der Waals surface area contributed by atoms with Crippen molar-refractivity contribution in [2.24, 2.45) is 0 Å². The Bertz CT molecular complexity index is 2620. The number of nitro groups is 1. The minimum absolute atomic E-state index is 0.0120. The molecule has 0 radical (unpaired) electrons. The minimum atomic E-state index is -4.39. The van der Waals surface area contributed by atoms with Crippen molar-refractivity contribution in [3.8, 4) is 11.1 Å². The molecule has 1 aromatic heterocycles. The summed E-state index contributed by atoms with van der Waals surface area (Å²) < 4.78 is 69.8. The molecule has 0 spiro atoms. The Kier molecular flexibility index (Phi) is 14.7. The number of thioether (sulfide) groups is 1. The molecule has 12 nitrogen and oxygen atoms in total. The van der Waals surface area contributed by atoms with Crippen LogP contribution in [0.1, 0.15) is 18.9 Å². The third-order valence-corrected chi connectivity index (χ3v) is 13.6. The van der Waals surface area contributed by atoms with E-state index in [4.69, 9.17) is 11.6 Å². The summed E-state index contributed by atoms with van der Waals surface area (Å²) in [4.78, 5) is 26.8. The first-order chi connectivity index (χ1) is 30.2. The molecule has 0 aliphatic carbocycles. The predicted octanol–water partition coefficient (Wildman–Crippen LogP) is 9.83. The van der Waals surface area contributed by atoms with E-state index in [2.05, 4.69) is 48.0 Å². The molecule has 5 aromatic carbocycles. The molecule has 1 atom stereocenters. The van der Waals surface area contributed by atoms with Crippen LogP contribution < -0.4 is 14.9 Å². The lowest BCUT2D eigenvalue weighted by Crippen LogP contribution is -2.46. The highest BCUT2D eigenvalue weighted by atomic mass is 35.5. The van der Waals surface area contributed by atoms with Gasteiger partial charge in [0.25, 0.3) is 15.7 Å². The fourth-order valence-corrected chi connectivity index (χ4v) is 9.68. The smallest absolute Gasteiger partial charge is 0.376 e. The van der Waals surface area contributed by atoms with Crippen LogP contribution in [0.2, 0.25) is 5.02 Å². The van der Waals surface area contributed by atoms with Crippen LogP contribution in [0.25, 0.3) is 22.0 Å². The number of sulfonamides is 1. The van der Waals surface area contributed by atoms with E-state index in [0.29, 0.717) is 21.7 Å². The number of hydrogen-bond acceptors (Lipinski definition) is 11. The molecule has 1 aliphatic heterocycles. The molecular formula is C45H46ClF3N8O4S2. The van der Waals surface area contributed by atoms with E-state index in [9.17, 15) is 31.7 Å². The van der Waals surface area contributed by atoms with Crippen molar-refractivity contribution in [3.05, 3.63) is 142 Å². The molecule has 18 heteroatoms. The van der Waals surface area contributed by atoms with Crippen molar-refractivity contribution in [2.75, 3.05) is 66.5 Å². The molecule has 1 fully saturated rings. The summed E-state index contributed by atoms with van der Waals surface area (Å²) in [6, 6.07) is 34.2. The number of nitrogens with one attached hydrogen (secondary N) is 2. The Morgan fingerprint density at radius 3 is 2.37 bits per heavy atom. The molecule has 0 saturated carbocycles. The van der Waals surface area contributed by atoms with Gasteiger partial charge in [0.2, 0.25) is 0 Å². The second kappa shape index (κ2) is 20.4. The zero-order chi connectivity index (χ0) is 44.6. The summed E-state index contributed by atoms with van der Waals surface area (Å²) in [5.41, 5.74) is 4.50. The molecule has 330 valence electrons. The number of aromatic nitrogens is 2. The summed E-state index contributed by atoms with van der Waals surface area (Å²) in [7, 11) is -4.39. The van der Waals surface area contributed by atoms with E-state index in [-0.39, 0.29) is 35.9 Å². The maximum Gasteiger partial charge on any atom is 0.401 e. The SMILES string of the molecule is CCN(CCC(CSc1ccccc1)Nc1ccc(S(=O)(=O)Nc2ncnc3cc(N4CCN(Cc5ccccc5-c5ccc(Cl)cc5)CC4)ccc23)cc1[N+](=O)[O-])CC(F)(F)F. The van der Waals surface area contributed by atoms with Crippen LogP contribution in [-0.2, 0) is 16.6 Å². The standard InChI is InChI=1S/C45H46ClF3N8O4S2/c1-2-54(30-45(47,48)49)21-20-35(29-62-37-9-4-3-5-10-37)52-41-19-17-38(27-43(41)57(58)59)63(60,61)53-44-40-18-16-36(26-42(40)50-31-51-44)56-24-22-55(23-25-56)28-33-8-6-7-11-39(33)32-12-14-34(46)15-13-32/h3-19,26-27,31,35,52H,2,20-25,28-30H2,1H3,(H,50,51,53). The van der Waals surface area contributed by atoms with E-state index in [1.54, 1.807) is 13.0 Å².